The Balaban J connectivity index is 1.53. The van der Waals surface area contributed by atoms with Gasteiger partial charge < -0.3 is 24.5 Å². The highest BCUT2D eigenvalue weighted by molar-refractivity contribution is 5.72. The second kappa shape index (κ2) is 7.77. The normalized spacial score (nSPS) is 27.2. The van der Waals surface area contributed by atoms with Gasteiger partial charge in [0.05, 0.1) is 57.9 Å². The molecule has 6 nitrogen and oxygen atoms in total. The Labute approximate surface area is 184 Å². The van der Waals surface area contributed by atoms with Crippen LogP contribution in [-0.4, -0.2) is 44.1 Å². The monoisotopic (exact) mass is 422 g/mol. The fourth-order valence-corrected chi connectivity index (χ4v) is 5.18. The van der Waals surface area contributed by atoms with E-state index in [9.17, 15) is 0 Å². The molecule has 2 aromatic rings. The Morgan fingerprint density at radius 1 is 1.10 bits per heavy atom. The lowest BCUT2D eigenvalue weighted by molar-refractivity contribution is -0.929. The van der Waals surface area contributed by atoms with Crippen molar-refractivity contribution in [3.05, 3.63) is 59.7 Å². The molecule has 6 heteroatoms. The van der Waals surface area contributed by atoms with E-state index in [0.29, 0.717) is 6.04 Å². The molecule has 1 atom stereocenters. The lowest BCUT2D eigenvalue weighted by Crippen LogP contribution is -3.16. The molecule has 3 aliphatic rings. The number of hydrazine groups is 1. The van der Waals surface area contributed by atoms with Crippen LogP contribution in [0.25, 0.3) is 5.70 Å². The van der Waals surface area contributed by atoms with Crippen LogP contribution in [0.1, 0.15) is 43.9 Å². The number of likely N-dealkylation sites (tertiary alicyclic amines) is 1. The third kappa shape index (κ3) is 3.34. The van der Waals surface area contributed by atoms with E-state index in [4.69, 9.17) is 14.2 Å². The van der Waals surface area contributed by atoms with Crippen molar-refractivity contribution in [2.75, 3.05) is 27.3 Å². The van der Waals surface area contributed by atoms with Crippen LogP contribution in [0.4, 0.5) is 0 Å². The maximum atomic E-state index is 6.75. The lowest BCUT2D eigenvalue weighted by atomic mass is 9.92. The largest absolute Gasteiger partial charge is 0.497 e. The van der Waals surface area contributed by atoms with Gasteiger partial charge in [0.2, 0.25) is 0 Å². The van der Waals surface area contributed by atoms with Crippen LogP contribution in [-0.2, 0) is 0 Å². The maximum absolute atomic E-state index is 6.75. The molecule has 2 aromatic carbocycles. The predicted molar refractivity (Wildman–Crippen MR) is 120 cm³/mol. The molecule has 3 aliphatic heterocycles. The number of benzene rings is 2. The van der Waals surface area contributed by atoms with E-state index in [0.717, 1.165) is 54.4 Å². The molecule has 2 N–H and O–H groups in total. The molecule has 0 saturated carbocycles. The van der Waals surface area contributed by atoms with Crippen molar-refractivity contribution in [1.82, 2.24) is 10.4 Å². The van der Waals surface area contributed by atoms with Crippen LogP contribution in [0.5, 0.6) is 17.2 Å². The fourth-order valence-electron chi connectivity index (χ4n) is 5.18. The zero-order valence-electron chi connectivity index (χ0n) is 18.8. The summed E-state index contributed by atoms with van der Waals surface area (Å²) in [5.74, 6) is 2.57. The number of nitrogens with one attached hydrogen (secondary N) is 2. The summed E-state index contributed by atoms with van der Waals surface area (Å²) in [6.45, 7) is 6.81. The highest BCUT2D eigenvalue weighted by Gasteiger charge is 2.53. The first-order valence-electron chi connectivity index (χ1n) is 11.2. The van der Waals surface area contributed by atoms with Gasteiger partial charge in [-0.05, 0) is 38.1 Å². The third-order valence-electron chi connectivity index (χ3n) is 7.01. The number of piperidine rings is 1. The van der Waals surface area contributed by atoms with Crippen molar-refractivity contribution >= 4 is 5.70 Å². The van der Waals surface area contributed by atoms with E-state index in [2.05, 4.69) is 60.7 Å². The van der Waals surface area contributed by atoms with Gasteiger partial charge in [0.15, 0.2) is 5.72 Å². The fraction of sp³-hybridized carbons (Fsp3) is 0.440. The minimum atomic E-state index is -0.352. The van der Waals surface area contributed by atoms with Crippen molar-refractivity contribution in [2.24, 2.45) is 0 Å². The molecule has 0 unspecified atom stereocenters. The Morgan fingerprint density at radius 3 is 2.58 bits per heavy atom. The number of ether oxygens (including phenoxy) is 3. The van der Waals surface area contributed by atoms with Crippen molar-refractivity contribution in [2.45, 2.75) is 44.5 Å². The number of fused-ring (bicyclic) bond motifs is 4. The molecule has 0 bridgehead atoms. The zero-order valence-corrected chi connectivity index (χ0v) is 18.8. The number of nitrogens with zero attached hydrogens (tertiary/aromatic N) is 1. The van der Waals surface area contributed by atoms with Gasteiger partial charge in [-0.3, -0.25) is 0 Å². The second-order valence-corrected chi connectivity index (χ2v) is 8.97. The molecule has 1 spiro atoms. The molecule has 0 radical (unpaired) electrons. The van der Waals surface area contributed by atoms with Gasteiger partial charge >= 0.3 is 0 Å². The van der Waals surface area contributed by atoms with Crippen molar-refractivity contribution in [1.29, 1.82) is 0 Å². The van der Waals surface area contributed by atoms with Gasteiger partial charge in [-0.1, -0.05) is 18.2 Å². The number of methoxy groups -OCH3 is 2. The molecule has 164 valence electrons. The molecule has 1 fully saturated rings. The summed E-state index contributed by atoms with van der Waals surface area (Å²) in [5.41, 5.74) is 6.62. The first-order chi connectivity index (χ1) is 15.0. The number of hydrogen-bond donors (Lipinski definition) is 2. The first kappa shape index (κ1) is 20.2. The van der Waals surface area contributed by atoms with Crippen molar-refractivity contribution < 1.29 is 19.1 Å². The average molecular weight is 423 g/mol. The quantitative estimate of drug-likeness (QED) is 0.794. The third-order valence-corrected chi connectivity index (χ3v) is 7.01. The number of quaternary nitrogens is 1. The van der Waals surface area contributed by atoms with Gasteiger partial charge in [0.25, 0.3) is 0 Å². The van der Waals surface area contributed by atoms with Crippen molar-refractivity contribution in [3.8, 4) is 17.2 Å². The van der Waals surface area contributed by atoms with Gasteiger partial charge in [-0.25, -0.2) is 0 Å². The van der Waals surface area contributed by atoms with Crippen LogP contribution in [0.2, 0.25) is 0 Å². The van der Waals surface area contributed by atoms with Crippen LogP contribution in [0.15, 0.2) is 48.5 Å². The summed E-state index contributed by atoms with van der Waals surface area (Å²) < 4.78 is 17.8. The lowest BCUT2D eigenvalue weighted by Gasteiger charge is -2.51. The standard InChI is InChI=1S/C25H31N3O3/c1-17(2)27-13-11-25(12-14-27)28-22(20-7-5-6-8-23(20)31-25)16-21(26-28)19-10-9-18(29-3)15-24(19)30-4/h5-10,15-17,22,26H,11-14H2,1-4H3/p+1/t22-/m0/s1. The van der Waals surface area contributed by atoms with Gasteiger partial charge in [-0.15, -0.1) is 0 Å². The maximum Gasteiger partial charge on any atom is 0.191 e. The van der Waals surface area contributed by atoms with Crippen molar-refractivity contribution in [3.63, 3.8) is 0 Å². The summed E-state index contributed by atoms with van der Waals surface area (Å²) in [6, 6.07) is 15.1. The van der Waals surface area contributed by atoms with Gasteiger partial charge in [-0.2, -0.15) is 5.01 Å². The van der Waals surface area contributed by atoms with Gasteiger partial charge in [0, 0.05) is 17.2 Å². The minimum absolute atomic E-state index is 0.118. The number of hydrogen-bond acceptors (Lipinski definition) is 5. The number of rotatable bonds is 4. The molecular formula is C25H32N3O3+. The van der Waals surface area contributed by atoms with E-state index in [1.807, 2.05) is 12.1 Å². The first-order valence-corrected chi connectivity index (χ1v) is 11.2. The topological polar surface area (TPSA) is 47.4 Å². The van der Waals surface area contributed by atoms with E-state index in [1.165, 1.54) is 5.56 Å². The summed E-state index contributed by atoms with van der Waals surface area (Å²) >= 11 is 0. The minimum Gasteiger partial charge on any atom is -0.497 e. The Kier molecular flexibility index (Phi) is 5.07. The Morgan fingerprint density at radius 2 is 1.87 bits per heavy atom. The van der Waals surface area contributed by atoms with Crippen LogP contribution >= 0.6 is 0 Å². The molecule has 1 saturated heterocycles. The molecule has 5 rings (SSSR count). The molecule has 31 heavy (non-hydrogen) atoms. The van der Waals surface area contributed by atoms with E-state index in [1.54, 1.807) is 19.1 Å². The molecule has 0 aromatic heterocycles. The van der Waals surface area contributed by atoms with E-state index in [-0.39, 0.29) is 11.8 Å². The molecular weight excluding hydrogens is 390 g/mol. The SMILES string of the molecule is COc1ccc(C2=C[C@H]3c4ccccc4OC4(CC[NH+](C(C)C)CC4)N3N2)c(OC)c1. The Bertz CT molecular complexity index is 995. The molecule has 0 aliphatic carbocycles. The predicted octanol–water partition coefficient (Wildman–Crippen LogP) is 2.78. The van der Waals surface area contributed by atoms with E-state index >= 15 is 0 Å². The Hall–Kier alpha value is -2.70. The van der Waals surface area contributed by atoms with Crippen LogP contribution in [0, 0.1) is 0 Å². The summed E-state index contributed by atoms with van der Waals surface area (Å²) in [4.78, 5) is 1.65. The van der Waals surface area contributed by atoms with E-state index < -0.39 is 0 Å². The molecule has 3 heterocycles. The van der Waals surface area contributed by atoms with Crippen LogP contribution in [0.3, 0.4) is 0 Å². The summed E-state index contributed by atoms with van der Waals surface area (Å²) in [6.07, 6.45) is 4.27. The smallest absolute Gasteiger partial charge is 0.191 e. The van der Waals surface area contributed by atoms with Crippen LogP contribution < -0.4 is 24.5 Å². The second-order valence-electron chi connectivity index (χ2n) is 8.97. The zero-order chi connectivity index (χ0) is 21.6. The number of para-hydroxylation sites is 1. The highest BCUT2D eigenvalue weighted by Crippen LogP contribution is 2.48. The molecule has 0 amide bonds. The highest BCUT2D eigenvalue weighted by atomic mass is 16.5. The summed E-state index contributed by atoms with van der Waals surface area (Å²) in [5, 5.41) is 2.34. The summed E-state index contributed by atoms with van der Waals surface area (Å²) in [7, 11) is 3.37. The average Bonchev–Trinajstić information content (AvgIpc) is 3.25. The van der Waals surface area contributed by atoms with Gasteiger partial charge in [0.1, 0.15) is 17.2 Å².